The fraction of sp³-hybridized carbons (Fsp3) is 0.143. The molecule has 0 aliphatic heterocycles. The van der Waals surface area contributed by atoms with Gasteiger partial charge in [-0.15, -0.1) is 5.10 Å². The first-order valence-electron chi connectivity index (χ1n) is 6.30. The summed E-state index contributed by atoms with van der Waals surface area (Å²) >= 11 is 0. The Morgan fingerprint density at radius 1 is 1.38 bits per heavy atom. The van der Waals surface area contributed by atoms with Crippen molar-refractivity contribution in [2.24, 2.45) is 0 Å². The Kier molecular flexibility index (Phi) is 3.35. The molecule has 7 nitrogen and oxygen atoms in total. The second-order valence-corrected chi connectivity index (χ2v) is 4.30. The van der Waals surface area contributed by atoms with E-state index in [9.17, 15) is 4.79 Å². The van der Waals surface area contributed by atoms with Crippen molar-refractivity contribution in [2.75, 3.05) is 6.61 Å². The van der Waals surface area contributed by atoms with Gasteiger partial charge in [-0.2, -0.15) is 5.26 Å². The predicted molar refractivity (Wildman–Crippen MR) is 73.9 cm³/mol. The third-order valence-electron chi connectivity index (χ3n) is 2.92. The lowest BCUT2D eigenvalue weighted by Gasteiger charge is -2.05. The normalized spacial score (nSPS) is 10.4. The standard InChI is InChI=1S/C14H11N5O2/c15-9-11-2-1-3-12(8-11)21-7-6-19-14(20)18-5-4-16-10-13(18)17-19/h1-5,8,10H,6-7H2. The molecule has 2 heterocycles. The molecular weight excluding hydrogens is 270 g/mol. The minimum absolute atomic E-state index is 0.234. The van der Waals surface area contributed by atoms with E-state index in [-0.39, 0.29) is 12.3 Å². The van der Waals surface area contributed by atoms with Crippen LogP contribution in [0, 0.1) is 11.3 Å². The highest BCUT2D eigenvalue weighted by molar-refractivity contribution is 5.36. The van der Waals surface area contributed by atoms with E-state index in [1.54, 1.807) is 30.5 Å². The van der Waals surface area contributed by atoms with Crippen molar-refractivity contribution in [3.63, 3.8) is 0 Å². The second kappa shape index (κ2) is 5.46. The first kappa shape index (κ1) is 12.9. The van der Waals surface area contributed by atoms with Crippen LogP contribution in [0.3, 0.4) is 0 Å². The summed E-state index contributed by atoms with van der Waals surface area (Å²) in [5.74, 6) is 0.590. The molecule has 0 aliphatic rings. The highest BCUT2D eigenvalue weighted by Crippen LogP contribution is 2.12. The minimum Gasteiger partial charge on any atom is -0.492 e. The first-order chi connectivity index (χ1) is 10.3. The van der Waals surface area contributed by atoms with Crippen molar-refractivity contribution in [1.29, 1.82) is 5.26 Å². The molecule has 2 aromatic heterocycles. The topological polar surface area (TPSA) is 85.2 Å². The molecule has 0 saturated carbocycles. The van der Waals surface area contributed by atoms with Gasteiger partial charge < -0.3 is 4.74 Å². The lowest BCUT2D eigenvalue weighted by atomic mass is 10.2. The molecule has 7 heteroatoms. The van der Waals surface area contributed by atoms with Gasteiger partial charge in [-0.05, 0) is 18.2 Å². The van der Waals surface area contributed by atoms with Crippen LogP contribution in [0.4, 0.5) is 0 Å². The molecule has 0 fully saturated rings. The van der Waals surface area contributed by atoms with Crippen molar-refractivity contribution >= 4 is 5.65 Å². The first-order valence-corrected chi connectivity index (χ1v) is 6.30. The molecule has 0 radical (unpaired) electrons. The summed E-state index contributed by atoms with van der Waals surface area (Å²) in [6, 6.07) is 8.90. The van der Waals surface area contributed by atoms with Gasteiger partial charge in [0.2, 0.25) is 0 Å². The van der Waals surface area contributed by atoms with Crippen LogP contribution in [-0.4, -0.2) is 25.8 Å². The molecule has 0 bridgehead atoms. The number of aromatic nitrogens is 4. The van der Waals surface area contributed by atoms with E-state index in [1.165, 1.54) is 21.5 Å². The van der Waals surface area contributed by atoms with E-state index in [4.69, 9.17) is 10.00 Å². The van der Waals surface area contributed by atoms with Crippen LogP contribution >= 0.6 is 0 Å². The summed E-state index contributed by atoms with van der Waals surface area (Å²) in [4.78, 5) is 15.9. The van der Waals surface area contributed by atoms with Gasteiger partial charge >= 0.3 is 5.69 Å². The summed E-state index contributed by atoms with van der Waals surface area (Å²) in [6.45, 7) is 0.601. The van der Waals surface area contributed by atoms with Crippen LogP contribution in [0.15, 0.2) is 47.7 Å². The van der Waals surface area contributed by atoms with Gasteiger partial charge in [0.05, 0.1) is 24.4 Å². The van der Waals surface area contributed by atoms with E-state index in [2.05, 4.69) is 10.1 Å². The lowest BCUT2D eigenvalue weighted by molar-refractivity contribution is 0.289. The maximum Gasteiger partial charge on any atom is 0.350 e. The van der Waals surface area contributed by atoms with Gasteiger partial charge in [-0.1, -0.05) is 6.07 Å². The second-order valence-electron chi connectivity index (χ2n) is 4.30. The minimum atomic E-state index is -0.234. The number of nitriles is 1. The molecule has 0 amide bonds. The van der Waals surface area contributed by atoms with Crippen LogP contribution in [0.2, 0.25) is 0 Å². The van der Waals surface area contributed by atoms with Crippen LogP contribution in [0.5, 0.6) is 5.75 Å². The highest BCUT2D eigenvalue weighted by atomic mass is 16.5. The fourth-order valence-electron chi connectivity index (χ4n) is 1.93. The Bertz CT molecular complexity index is 875. The van der Waals surface area contributed by atoms with E-state index in [0.29, 0.717) is 23.5 Å². The maximum absolute atomic E-state index is 12.0. The molecule has 0 unspecified atom stereocenters. The smallest absolute Gasteiger partial charge is 0.350 e. The Hall–Kier alpha value is -3.14. The number of rotatable bonds is 4. The number of fused-ring (bicyclic) bond motifs is 1. The molecule has 104 valence electrons. The van der Waals surface area contributed by atoms with Crippen LogP contribution in [0.25, 0.3) is 5.65 Å². The zero-order chi connectivity index (χ0) is 14.7. The van der Waals surface area contributed by atoms with Crippen molar-refractivity contribution in [3.05, 3.63) is 58.9 Å². The largest absolute Gasteiger partial charge is 0.492 e. The monoisotopic (exact) mass is 281 g/mol. The van der Waals surface area contributed by atoms with Crippen molar-refractivity contribution in [1.82, 2.24) is 19.2 Å². The van der Waals surface area contributed by atoms with Crippen LogP contribution in [0.1, 0.15) is 5.56 Å². The third-order valence-corrected chi connectivity index (χ3v) is 2.92. The maximum atomic E-state index is 12.0. The molecule has 0 saturated heterocycles. The van der Waals surface area contributed by atoms with Crippen molar-refractivity contribution in [2.45, 2.75) is 6.54 Å². The lowest BCUT2D eigenvalue weighted by Crippen LogP contribution is -2.23. The van der Waals surface area contributed by atoms with Gasteiger partial charge in [0, 0.05) is 12.4 Å². The van der Waals surface area contributed by atoms with Crippen molar-refractivity contribution < 1.29 is 4.74 Å². The van der Waals surface area contributed by atoms with E-state index in [0.717, 1.165) is 0 Å². The molecule has 0 atom stereocenters. The Labute approximate surface area is 119 Å². The SMILES string of the molecule is N#Cc1cccc(OCCn2nc3cnccn3c2=O)c1. The van der Waals surface area contributed by atoms with E-state index >= 15 is 0 Å². The zero-order valence-electron chi connectivity index (χ0n) is 11.0. The molecule has 3 aromatic rings. The van der Waals surface area contributed by atoms with E-state index in [1.807, 2.05) is 6.07 Å². The molecule has 21 heavy (non-hydrogen) atoms. The fourth-order valence-corrected chi connectivity index (χ4v) is 1.93. The zero-order valence-corrected chi connectivity index (χ0v) is 11.0. The van der Waals surface area contributed by atoms with Gasteiger partial charge in [0.1, 0.15) is 12.4 Å². The number of hydrogen-bond donors (Lipinski definition) is 0. The average Bonchev–Trinajstić information content (AvgIpc) is 2.84. The predicted octanol–water partition coefficient (Wildman–Crippen LogP) is 0.842. The number of hydrogen-bond acceptors (Lipinski definition) is 5. The summed E-state index contributed by atoms with van der Waals surface area (Å²) in [5, 5.41) is 13.0. The molecular formula is C14H11N5O2. The summed E-state index contributed by atoms with van der Waals surface area (Å²) < 4.78 is 8.27. The number of ether oxygens (including phenoxy) is 1. The molecule has 1 aromatic carbocycles. The Balaban J connectivity index is 1.71. The Morgan fingerprint density at radius 2 is 2.29 bits per heavy atom. The van der Waals surface area contributed by atoms with Crippen LogP contribution in [-0.2, 0) is 6.54 Å². The molecule has 0 spiro atoms. The summed E-state index contributed by atoms with van der Waals surface area (Å²) in [5.41, 5.74) is 0.791. The van der Waals surface area contributed by atoms with E-state index < -0.39 is 0 Å². The molecule has 3 rings (SSSR count). The van der Waals surface area contributed by atoms with Crippen molar-refractivity contribution in [3.8, 4) is 11.8 Å². The van der Waals surface area contributed by atoms with Gasteiger partial charge in [-0.3, -0.25) is 4.98 Å². The van der Waals surface area contributed by atoms with Gasteiger partial charge in [0.15, 0.2) is 5.65 Å². The summed E-state index contributed by atoms with van der Waals surface area (Å²) in [7, 11) is 0. The summed E-state index contributed by atoms with van der Waals surface area (Å²) in [6.07, 6.45) is 4.62. The Morgan fingerprint density at radius 3 is 3.10 bits per heavy atom. The van der Waals surface area contributed by atoms with Crippen LogP contribution < -0.4 is 10.4 Å². The van der Waals surface area contributed by atoms with Gasteiger partial charge in [0.25, 0.3) is 0 Å². The molecule has 0 N–H and O–H groups in total. The average molecular weight is 281 g/mol. The molecule has 0 aliphatic carbocycles. The third kappa shape index (κ3) is 2.60. The highest BCUT2D eigenvalue weighted by Gasteiger charge is 2.06. The number of nitrogens with zero attached hydrogens (tertiary/aromatic N) is 5. The number of benzene rings is 1. The quantitative estimate of drug-likeness (QED) is 0.707. The van der Waals surface area contributed by atoms with Gasteiger partial charge in [-0.25, -0.2) is 13.9 Å².